The van der Waals surface area contributed by atoms with Crippen molar-refractivity contribution in [2.45, 2.75) is 38.9 Å². The second-order valence-electron chi connectivity index (χ2n) is 6.02. The van der Waals surface area contributed by atoms with E-state index < -0.39 is 36.1 Å². The molecule has 1 atom stereocenters. The molecule has 0 radical (unpaired) electrons. The molecule has 26 heavy (non-hydrogen) atoms. The van der Waals surface area contributed by atoms with Gasteiger partial charge >= 0.3 is 12.1 Å². The van der Waals surface area contributed by atoms with Gasteiger partial charge in [-0.3, -0.25) is 9.59 Å². The number of aliphatic carboxylic acids is 1. The number of rotatable bonds is 6. The highest BCUT2D eigenvalue weighted by Crippen LogP contribution is 2.32. The van der Waals surface area contributed by atoms with Crippen LogP contribution in [-0.2, 0) is 23.8 Å². The first-order valence-electron chi connectivity index (χ1n) is 7.84. The maximum Gasteiger partial charge on any atom is 0.416 e. The topological polar surface area (TPSA) is 79.5 Å². The molecule has 0 aliphatic heterocycles. The molecule has 0 spiro atoms. The molecular weight excluding hydrogens is 351 g/mol. The summed E-state index contributed by atoms with van der Waals surface area (Å²) in [5, 5.41) is 11.5. The fourth-order valence-corrected chi connectivity index (χ4v) is 2.72. The Morgan fingerprint density at radius 2 is 1.92 bits per heavy atom. The molecule has 1 amide bonds. The van der Waals surface area contributed by atoms with Gasteiger partial charge in [0.25, 0.3) is 5.91 Å². The monoisotopic (exact) mass is 369 g/mol. The molecule has 1 aromatic heterocycles. The zero-order valence-electron chi connectivity index (χ0n) is 14.2. The van der Waals surface area contributed by atoms with Crippen molar-refractivity contribution < 1.29 is 32.3 Å². The van der Waals surface area contributed by atoms with Crippen molar-refractivity contribution in [3.8, 4) is 0 Å². The number of carbonyl (C=O) groups is 2. The predicted octanol–water partition coefficient (Wildman–Crippen LogP) is 3.59. The molecule has 2 N–H and O–H groups in total. The first-order valence-corrected chi connectivity index (χ1v) is 7.84. The molecule has 2 aromatic rings. The van der Waals surface area contributed by atoms with Gasteiger partial charge in [-0.05, 0) is 31.9 Å². The lowest BCUT2D eigenvalue weighted by Crippen LogP contribution is -2.35. The minimum absolute atomic E-state index is 0.00962. The fourth-order valence-electron chi connectivity index (χ4n) is 2.72. The van der Waals surface area contributed by atoms with Gasteiger partial charge in [0.1, 0.15) is 12.2 Å². The fraction of sp³-hybridized carbons (Fsp3) is 0.333. The Balaban J connectivity index is 2.14. The number of carboxylic acid groups (broad SMARTS) is 1. The third kappa shape index (κ3) is 4.65. The number of carbonyl (C=O) groups excluding carboxylic acids is 1. The summed E-state index contributed by atoms with van der Waals surface area (Å²) in [6, 6.07) is 4.57. The summed E-state index contributed by atoms with van der Waals surface area (Å²) < 4.78 is 44.3. The molecule has 5 nitrogen and oxygen atoms in total. The molecule has 0 saturated heterocycles. The molecule has 0 saturated carbocycles. The van der Waals surface area contributed by atoms with Gasteiger partial charge in [0.05, 0.1) is 17.4 Å². The first kappa shape index (κ1) is 19.6. The van der Waals surface area contributed by atoms with Crippen LogP contribution in [0.2, 0.25) is 0 Å². The number of benzene rings is 1. The molecule has 2 rings (SSSR count). The standard InChI is InChI=1S/C18H18F3NO4/c1-10-9-26-14(8-15(23)24)16(10)17(25)22-11(2)7-12-5-3-4-6-13(12)18(19,20)21/h3-6,9,11H,7-8H2,1-2H3,(H,22,25)(H,23,24). The number of hydrogen-bond acceptors (Lipinski definition) is 3. The molecule has 1 unspecified atom stereocenters. The number of nitrogens with one attached hydrogen (secondary N) is 1. The average Bonchev–Trinajstić information content (AvgIpc) is 2.86. The summed E-state index contributed by atoms with van der Waals surface area (Å²) in [4.78, 5) is 23.3. The Morgan fingerprint density at radius 1 is 1.27 bits per heavy atom. The average molecular weight is 369 g/mol. The zero-order valence-corrected chi connectivity index (χ0v) is 14.2. The number of halogens is 3. The van der Waals surface area contributed by atoms with E-state index in [0.717, 1.165) is 6.07 Å². The van der Waals surface area contributed by atoms with Crippen LogP contribution in [0.3, 0.4) is 0 Å². The van der Waals surface area contributed by atoms with E-state index in [0.29, 0.717) is 5.56 Å². The summed E-state index contributed by atoms with van der Waals surface area (Å²) in [7, 11) is 0. The van der Waals surface area contributed by atoms with Gasteiger partial charge < -0.3 is 14.8 Å². The number of amides is 1. The number of aryl methyl sites for hydroxylation is 1. The van der Waals surface area contributed by atoms with Crippen molar-refractivity contribution >= 4 is 11.9 Å². The minimum Gasteiger partial charge on any atom is -0.481 e. The molecule has 1 aromatic carbocycles. The maximum atomic E-state index is 13.1. The van der Waals surface area contributed by atoms with Crippen molar-refractivity contribution in [3.63, 3.8) is 0 Å². The minimum atomic E-state index is -4.48. The summed E-state index contributed by atoms with van der Waals surface area (Å²) in [6.45, 7) is 3.17. The number of furan rings is 1. The second-order valence-corrected chi connectivity index (χ2v) is 6.02. The predicted molar refractivity (Wildman–Crippen MR) is 86.9 cm³/mol. The van der Waals surface area contributed by atoms with Gasteiger partial charge in [-0.25, -0.2) is 0 Å². The van der Waals surface area contributed by atoms with Crippen molar-refractivity contribution in [1.29, 1.82) is 0 Å². The van der Waals surface area contributed by atoms with Gasteiger partial charge in [0.2, 0.25) is 0 Å². The largest absolute Gasteiger partial charge is 0.481 e. The van der Waals surface area contributed by atoms with Crippen LogP contribution in [0.25, 0.3) is 0 Å². The maximum absolute atomic E-state index is 13.1. The third-order valence-corrected chi connectivity index (χ3v) is 3.82. The normalized spacial score (nSPS) is 12.7. The Labute approximate surface area is 147 Å². The van der Waals surface area contributed by atoms with Crippen LogP contribution in [0.5, 0.6) is 0 Å². The molecule has 8 heteroatoms. The van der Waals surface area contributed by atoms with Gasteiger partial charge in [-0.2, -0.15) is 13.2 Å². The Hall–Kier alpha value is -2.77. The number of hydrogen-bond donors (Lipinski definition) is 2. The van der Waals surface area contributed by atoms with Crippen LogP contribution in [-0.4, -0.2) is 23.0 Å². The highest BCUT2D eigenvalue weighted by atomic mass is 19.4. The Bertz CT molecular complexity index is 811. The van der Waals surface area contributed by atoms with Crippen molar-refractivity contribution in [2.24, 2.45) is 0 Å². The van der Waals surface area contributed by atoms with Gasteiger partial charge in [0.15, 0.2) is 0 Å². The summed E-state index contributed by atoms with van der Waals surface area (Å²) in [5.74, 6) is -1.72. The summed E-state index contributed by atoms with van der Waals surface area (Å²) in [6.07, 6.45) is -3.68. The lowest BCUT2D eigenvalue weighted by atomic mass is 10.00. The van der Waals surface area contributed by atoms with E-state index in [1.165, 1.54) is 24.5 Å². The number of carboxylic acids is 1. The highest BCUT2D eigenvalue weighted by Gasteiger charge is 2.33. The van der Waals surface area contributed by atoms with Crippen LogP contribution >= 0.6 is 0 Å². The summed E-state index contributed by atoms with van der Waals surface area (Å²) >= 11 is 0. The SMILES string of the molecule is Cc1coc(CC(=O)O)c1C(=O)NC(C)Cc1ccccc1C(F)(F)F. The van der Waals surface area contributed by atoms with Crippen molar-refractivity contribution in [1.82, 2.24) is 5.32 Å². The van der Waals surface area contributed by atoms with Gasteiger partial charge in [0, 0.05) is 11.6 Å². The van der Waals surface area contributed by atoms with Crippen molar-refractivity contribution in [3.05, 3.63) is 58.5 Å². The number of alkyl halides is 3. The van der Waals surface area contributed by atoms with Gasteiger partial charge in [-0.15, -0.1) is 0 Å². The molecular formula is C18H18F3NO4. The van der Waals surface area contributed by atoms with E-state index in [1.54, 1.807) is 13.8 Å². The quantitative estimate of drug-likeness (QED) is 0.816. The molecule has 140 valence electrons. The second kappa shape index (κ2) is 7.63. The molecule has 1 heterocycles. The van der Waals surface area contributed by atoms with Crippen LogP contribution in [0.4, 0.5) is 13.2 Å². The van der Waals surface area contributed by atoms with E-state index in [-0.39, 0.29) is 23.3 Å². The van der Waals surface area contributed by atoms with Crippen LogP contribution < -0.4 is 5.32 Å². The van der Waals surface area contributed by atoms with Crippen LogP contribution in [0.1, 0.15) is 39.7 Å². The van der Waals surface area contributed by atoms with E-state index in [9.17, 15) is 22.8 Å². The lowest BCUT2D eigenvalue weighted by Gasteiger charge is -2.18. The molecule has 0 bridgehead atoms. The van der Waals surface area contributed by atoms with E-state index in [2.05, 4.69) is 5.32 Å². The van der Waals surface area contributed by atoms with E-state index in [4.69, 9.17) is 9.52 Å². The third-order valence-electron chi connectivity index (χ3n) is 3.82. The lowest BCUT2D eigenvalue weighted by molar-refractivity contribution is -0.138. The highest BCUT2D eigenvalue weighted by molar-refractivity contribution is 5.97. The Kier molecular flexibility index (Phi) is 5.74. The van der Waals surface area contributed by atoms with Crippen LogP contribution in [0.15, 0.2) is 34.9 Å². The first-order chi connectivity index (χ1) is 12.1. The molecule has 0 aliphatic carbocycles. The molecule has 0 aliphatic rings. The summed E-state index contributed by atoms with van der Waals surface area (Å²) in [5.41, 5.74) is -0.111. The van der Waals surface area contributed by atoms with E-state index in [1.807, 2.05) is 0 Å². The zero-order chi connectivity index (χ0) is 19.5. The van der Waals surface area contributed by atoms with Crippen LogP contribution in [0, 0.1) is 6.92 Å². The molecule has 0 fully saturated rings. The van der Waals surface area contributed by atoms with E-state index >= 15 is 0 Å². The smallest absolute Gasteiger partial charge is 0.416 e. The Morgan fingerprint density at radius 3 is 2.54 bits per heavy atom. The van der Waals surface area contributed by atoms with Gasteiger partial charge in [-0.1, -0.05) is 18.2 Å². The van der Waals surface area contributed by atoms with Crippen molar-refractivity contribution in [2.75, 3.05) is 0 Å².